The van der Waals surface area contributed by atoms with E-state index in [2.05, 4.69) is 25.5 Å². The van der Waals surface area contributed by atoms with Gasteiger partial charge in [-0.05, 0) is 12.1 Å². The number of rotatable bonds is 3. The maximum absolute atomic E-state index is 11.8. The van der Waals surface area contributed by atoms with Crippen LogP contribution in [-0.2, 0) is 4.79 Å². The highest BCUT2D eigenvalue weighted by Gasteiger charge is 2.15. The molecule has 6 nitrogen and oxygen atoms in total. The molecule has 0 atom stereocenters. The highest BCUT2D eigenvalue weighted by molar-refractivity contribution is 5.95. The van der Waals surface area contributed by atoms with E-state index in [9.17, 15) is 4.79 Å². The second-order valence-electron chi connectivity index (χ2n) is 4.91. The van der Waals surface area contributed by atoms with Crippen LogP contribution in [0.15, 0.2) is 30.5 Å². The number of carbonyl (C=O) groups is 1. The number of aromatic nitrogens is 4. The van der Waals surface area contributed by atoms with Gasteiger partial charge in [0, 0.05) is 5.92 Å². The zero-order chi connectivity index (χ0) is 14.1. The minimum atomic E-state index is -0.0894. The lowest BCUT2D eigenvalue weighted by atomic mass is 10.2. The largest absolute Gasteiger partial charge is 0.337 e. The van der Waals surface area contributed by atoms with E-state index in [1.165, 1.54) is 0 Å². The third kappa shape index (κ3) is 2.16. The monoisotopic (exact) mass is 269 g/mol. The van der Waals surface area contributed by atoms with Crippen LogP contribution in [0, 0.1) is 5.92 Å². The van der Waals surface area contributed by atoms with E-state index >= 15 is 0 Å². The second-order valence-corrected chi connectivity index (χ2v) is 4.91. The highest BCUT2D eigenvalue weighted by Crippen LogP contribution is 2.25. The van der Waals surface area contributed by atoms with Gasteiger partial charge in [0.25, 0.3) is 0 Å². The van der Waals surface area contributed by atoms with Crippen LogP contribution in [0.1, 0.15) is 13.8 Å². The number of anilines is 1. The van der Waals surface area contributed by atoms with Crippen LogP contribution in [0.4, 0.5) is 5.69 Å². The first-order chi connectivity index (χ1) is 9.65. The Morgan fingerprint density at radius 1 is 1.30 bits per heavy atom. The topological polar surface area (TPSA) is 86.5 Å². The number of carbonyl (C=O) groups excluding carboxylic acids is 1. The molecule has 0 aliphatic rings. The summed E-state index contributed by atoms with van der Waals surface area (Å²) in [7, 11) is 0. The van der Waals surface area contributed by atoms with E-state index in [0.29, 0.717) is 17.2 Å². The molecule has 1 amide bonds. The van der Waals surface area contributed by atoms with E-state index < -0.39 is 0 Å². The number of fused-ring (bicyclic) bond motifs is 1. The molecular formula is C14H15N5O. The van der Waals surface area contributed by atoms with Crippen molar-refractivity contribution >= 4 is 22.6 Å². The molecule has 0 saturated carbocycles. The van der Waals surface area contributed by atoms with Crippen molar-refractivity contribution in [3.05, 3.63) is 30.5 Å². The molecule has 2 aromatic heterocycles. The van der Waals surface area contributed by atoms with E-state index in [4.69, 9.17) is 0 Å². The number of H-pyrrole nitrogens is 2. The van der Waals surface area contributed by atoms with Crippen molar-refractivity contribution in [3.63, 3.8) is 0 Å². The van der Waals surface area contributed by atoms with Gasteiger partial charge in [-0.1, -0.05) is 26.0 Å². The normalized spacial score (nSPS) is 11.2. The molecule has 6 heteroatoms. The van der Waals surface area contributed by atoms with Gasteiger partial charge in [-0.25, -0.2) is 4.98 Å². The molecule has 0 radical (unpaired) electrons. The van der Waals surface area contributed by atoms with Crippen molar-refractivity contribution in [2.75, 3.05) is 5.32 Å². The van der Waals surface area contributed by atoms with Crippen molar-refractivity contribution in [1.82, 2.24) is 20.2 Å². The first-order valence-corrected chi connectivity index (χ1v) is 6.44. The minimum absolute atomic E-state index is 0.0521. The Morgan fingerprint density at radius 2 is 2.10 bits per heavy atom. The molecule has 102 valence electrons. The number of aromatic amines is 2. The van der Waals surface area contributed by atoms with Gasteiger partial charge in [-0.3, -0.25) is 9.89 Å². The lowest BCUT2D eigenvalue weighted by Crippen LogP contribution is -2.17. The molecule has 20 heavy (non-hydrogen) atoms. The molecular weight excluding hydrogens is 254 g/mol. The maximum atomic E-state index is 11.8. The predicted octanol–water partition coefficient (Wildman–Crippen LogP) is 2.55. The van der Waals surface area contributed by atoms with Crippen molar-refractivity contribution < 1.29 is 4.79 Å². The van der Waals surface area contributed by atoms with Gasteiger partial charge in [0.2, 0.25) is 5.91 Å². The zero-order valence-electron chi connectivity index (χ0n) is 11.3. The fraction of sp³-hybridized carbons (Fsp3) is 0.214. The van der Waals surface area contributed by atoms with Crippen LogP contribution in [-0.4, -0.2) is 26.1 Å². The Kier molecular flexibility index (Phi) is 2.98. The molecule has 0 aliphatic carbocycles. The minimum Gasteiger partial charge on any atom is -0.337 e. The number of hydrogen-bond donors (Lipinski definition) is 3. The van der Waals surface area contributed by atoms with Gasteiger partial charge in [0.15, 0.2) is 5.82 Å². The summed E-state index contributed by atoms with van der Waals surface area (Å²) < 4.78 is 0. The van der Waals surface area contributed by atoms with Crippen LogP contribution in [0.25, 0.3) is 22.6 Å². The van der Waals surface area contributed by atoms with Crippen molar-refractivity contribution in [3.8, 4) is 11.5 Å². The smallest absolute Gasteiger partial charge is 0.227 e. The highest BCUT2D eigenvalue weighted by atomic mass is 16.1. The Bertz CT molecular complexity index is 723. The summed E-state index contributed by atoms with van der Waals surface area (Å²) in [5.74, 6) is 0.514. The molecule has 1 aromatic carbocycles. The molecule has 3 rings (SSSR count). The summed E-state index contributed by atoms with van der Waals surface area (Å²) in [6.45, 7) is 3.69. The number of amides is 1. The fourth-order valence-electron chi connectivity index (χ4n) is 1.91. The summed E-state index contributed by atoms with van der Waals surface area (Å²) >= 11 is 0. The number of nitrogens with zero attached hydrogens (tertiary/aromatic N) is 2. The third-order valence-corrected chi connectivity index (χ3v) is 3.05. The summed E-state index contributed by atoms with van der Waals surface area (Å²) in [5.41, 5.74) is 3.12. The molecule has 3 aromatic rings. The lowest BCUT2D eigenvalue weighted by Gasteiger charge is -2.06. The second kappa shape index (κ2) is 4.80. The lowest BCUT2D eigenvalue weighted by molar-refractivity contribution is -0.118. The van der Waals surface area contributed by atoms with Crippen molar-refractivity contribution in [1.29, 1.82) is 0 Å². The van der Waals surface area contributed by atoms with Gasteiger partial charge in [-0.15, -0.1) is 0 Å². The number of hydrogen-bond acceptors (Lipinski definition) is 3. The van der Waals surface area contributed by atoms with E-state index in [-0.39, 0.29) is 11.8 Å². The summed E-state index contributed by atoms with van der Waals surface area (Å²) in [6.07, 6.45) is 1.59. The average Bonchev–Trinajstić information content (AvgIpc) is 3.03. The summed E-state index contributed by atoms with van der Waals surface area (Å²) in [6, 6.07) is 7.76. The number of imidazole rings is 1. The molecule has 0 bridgehead atoms. The van der Waals surface area contributed by atoms with E-state index in [1.54, 1.807) is 6.20 Å². The van der Waals surface area contributed by atoms with Gasteiger partial charge in [0.1, 0.15) is 5.69 Å². The zero-order valence-corrected chi connectivity index (χ0v) is 11.3. The Balaban J connectivity index is 1.98. The van der Waals surface area contributed by atoms with E-state index in [1.807, 2.05) is 38.1 Å². The third-order valence-electron chi connectivity index (χ3n) is 3.05. The Labute approximate surface area is 115 Å². The van der Waals surface area contributed by atoms with Crippen molar-refractivity contribution in [2.24, 2.45) is 5.92 Å². The van der Waals surface area contributed by atoms with Crippen LogP contribution in [0.5, 0.6) is 0 Å². The van der Waals surface area contributed by atoms with Crippen LogP contribution >= 0.6 is 0 Å². The molecule has 2 heterocycles. The standard InChI is InChI=1S/C14H15N5O/c1-8(2)14(20)18-11-7-15-19-12(11)13-16-9-5-3-4-6-10(9)17-13/h3-8H,1-2H3,(H,15,19)(H,16,17)(H,18,20). The predicted molar refractivity (Wildman–Crippen MR) is 77.1 cm³/mol. The Hall–Kier alpha value is -2.63. The first-order valence-electron chi connectivity index (χ1n) is 6.44. The molecule has 0 aliphatic heterocycles. The molecule has 0 spiro atoms. The van der Waals surface area contributed by atoms with Gasteiger partial charge >= 0.3 is 0 Å². The maximum Gasteiger partial charge on any atom is 0.227 e. The fourth-order valence-corrected chi connectivity index (χ4v) is 1.91. The first kappa shape index (κ1) is 12.4. The quantitative estimate of drug-likeness (QED) is 0.683. The molecule has 0 saturated heterocycles. The van der Waals surface area contributed by atoms with E-state index in [0.717, 1.165) is 11.0 Å². The summed E-state index contributed by atoms with van der Waals surface area (Å²) in [5, 5.41) is 9.69. The molecule has 0 fully saturated rings. The number of nitrogens with one attached hydrogen (secondary N) is 3. The molecule has 0 unspecified atom stereocenters. The summed E-state index contributed by atoms with van der Waals surface area (Å²) in [4.78, 5) is 19.5. The Morgan fingerprint density at radius 3 is 2.85 bits per heavy atom. The van der Waals surface area contributed by atoms with Gasteiger partial charge in [-0.2, -0.15) is 5.10 Å². The van der Waals surface area contributed by atoms with Gasteiger partial charge < -0.3 is 10.3 Å². The SMILES string of the molecule is CC(C)C(=O)Nc1cn[nH]c1-c1nc2ccccc2[nH]1. The number of para-hydroxylation sites is 2. The van der Waals surface area contributed by atoms with Crippen LogP contribution in [0.2, 0.25) is 0 Å². The number of benzene rings is 1. The van der Waals surface area contributed by atoms with Crippen LogP contribution in [0.3, 0.4) is 0 Å². The molecule has 3 N–H and O–H groups in total. The van der Waals surface area contributed by atoms with Gasteiger partial charge in [0.05, 0.1) is 22.9 Å². The average molecular weight is 269 g/mol. The van der Waals surface area contributed by atoms with Crippen LogP contribution < -0.4 is 5.32 Å². The van der Waals surface area contributed by atoms with Crippen molar-refractivity contribution in [2.45, 2.75) is 13.8 Å².